The Labute approximate surface area is 129 Å². The molecule has 20 heavy (non-hydrogen) atoms. The summed E-state index contributed by atoms with van der Waals surface area (Å²) in [6, 6.07) is 9.36. The summed E-state index contributed by atoms with van der Waals surface area (Å²) in [6.45, 7) is 1.84. The smallest absolute Gasteiger partial charge is 0.135 e. The summed E-state index contributed by atoms with van der Waals surface area (Å²) in [7, 11) is 0. The Bertz CT molecular complexity index is 771. The quantitative estimate of drug-likeness (QED) is 0.692. The third-order valence-electron chi connectivity index (χ3n) is 2.79. The average Bonchev–Trinajstić information content (AvgIpc) is 2.41. The van der Waals surface area contributed by atoms with Gasteiger partial charge in [0.2, 0.25) is 0 Å². The molecule has 0 bridgehead atoms. The van der Waals surface area contributed by atoms with Gasteiger partial charge in [0.1, 0.15) is 16.2 Å². The van der Waals surface area contributed by atoms with Crippen LogP contribution >= 0.6 is 27.5 Å². The van der Waals surface area contributed by atoms with Crippen LogP contribution in [0.4, 0.5) is 11.5 Å². The normalized spacial score (nSPS) is 10.8. The van der Waals surface area contributed by atoms with Crippen LogP contribution in [0.5, 0.6) is 0 Å². The molecule has 0 aliphatic heterocycles. The van der Waals surface area contributed by atoms with E-state index in [1.54, 1.807) is 6.20 Å². The fraction of sp³-hybridized carbons (Fsp3) is 0.0714. The number of anilines is 2. The summed E-state index contributed by atoms with van der Waals surface area (Å²) in [5, 5.41) is 4.84. The van der Waals surface area contributed by atoms with E-state index in [0.717, 1.165) is 21.2 Å². The van der Waals surface area contributed by atoms with Crippen molar-refractivity contribution in [3.05, 3.63) is 52.0 Å². The van der Waals surface area contributed by atoms with E-state index in [1.807, 2.05) is 37.3 Å². The highest BCUT2D eigenvalue weighted by atomic mass is 79.9. The molecular weight excluding hydrogens is 340 g/mol. The maximum absolute atomic E-state index is 6.18. The average molecular weight is 350 g/mol. The Balaban J connectivity index is 2.09. The van der Waals surface area contributed by atoms with Gasteiger partial charge in [-0.05, 0) is 47.1 Å². The van der Waals surface area contributed by atoms with Crippen LogP contribution in [-0.2, 0) is 0 Å². The summed E-state index contributed by atoms with van der Waals surface area (Å²) in [6.07, 6.45) is 1.74. The van der Waals surface area contributed by atoms with Crippen molar-refractivity contribution in [2.24, 2.45) is 0 Å². The van der Waals surface area contributed by atoms with E-state index < -0.39 is 0 Å². The van der Waals surface area contributed by atoms with Gasteiger partial charge in [-0.3, -0.25) is 4.98 Å². The molecule has 100 valence electrons. The van der Waals surface area contributed by atoms with Crippen molar-refractivity contribution < 1.29 is 0 Å². The number of benzene rings is 1. The van der Waals surface area contributed by atoms with E-state index in [9.17, 15) is 0 Å². The van der Waals surface area contributed by atoms with Crippen LogP contribution in [0.25, 0.3) is 10.9 Å². The maximum atomic E-state index is 6.18. The van der Waals surface area contributed by atoms with Gasteiger partial charge in [0, 0.05) is 17.6 Å². The highest BCUT2D eigenvalue weighted by Crippen LogP contribution is 2.29. The van der Waals surface area contributed by atoms with Crippen LogP contribution < -0.4 is 5.32 Å². The minimum absolute atomic E-state index is 0.679. The highest BCUT2D eigenvalue weighted by molar-refractivity contribution is 9.10. The minimum Gasteiger partial charge on any atom is -0.338 e. The van der Waals surface area contributed by atoms with Gasteiger partial charge in [0.15, 0.2) is 0 Å². The maximum Gasteiger partial charge on any atom is 0.135 e. The third kappa shape index (κ3) is 2.59. The second kappa shape index (κ2) is 5.34. The largest absolute Gasteiger partial charge is 0.338 e. The van der Waals surface area contributed by atoms with E-state index in [2.05, 4.69) is 36.2 Å². The van der Waals surface area contributed by atoms with E-state index in [-0.39, 0.29) is 0 Å². The van der Waals surface area contributed by atoms with Crippen LogP contribution in [0, 0.1) is 6.92 Å². The van der Waals surface area contributed by atoms with Gasteiger partial charge in [-0.2, -0.15) is 0 Å². The summed E-state index contributed by atoms with van der Waals surface area (Å²) in [4.78, 5) is 12.9. The zero-order chi connectivity index (χ0) is 14.1. The summed E-state index contributed by atoms with van der Waals surface area (Å²) in [5.74, 6) is 1.40. The third-order valence-corrected chi connectivity index (χ3v) is 3.52. The van der Waals surface area contributed by atoms with Gasteiger partial charge >= 0.3 is 0 Å². The lowest BCUT2D eigenvalue weighted by Crippen LogP contribution is -1.98. The first kappa shape index (κ1) is 13.3. The van der Waals surface area contributed by atoms with Crippen LogP contribution in [0.3, 0.4) is 0 Å². The molecule has 0 amide bonds. The first-order chi connectivity index (χ1) is 9.63. The molecule has 0 fully saturated rings. The van der Waals surface area contributed by atoms with E-state index in [4.69, 9.17) is 11.6 Å². The van der Waals surface area contributed by atoms with Crippen LogP contribution in [0.1, 0.15) is 5.82 Å². The molecule has 1 N–H and O–H groups in total. The van der Waals surface area contributed by atoms with Gasteiger partial charge in [-0.1, -0.05) is 11.6 Å². The topological polar surface area (TPSA) is 50.7 Å². The van der Waals surface area contributed by atoms with Crippen molar-refractivity contribution in [1.29, 1.82) is 0 Å². The van der Waals surface area contributed by atoms with Crippen molar-refractivity contribution in [3.63, 3.8) is 0 Å². The number of aryl methyl sites for hydroxylation is 1. The summed E-state index contributed by atoms with van der Waals surface area (Å²) in [5.41, 5.74) is 1.67. The number of nitrogens with zero attached hydrogens (tertiary/aromatic N) is 3. The van der Waals surface area contributed by atoms with Crippen LogP contribution in [-0.4, -0.2) is 15.0 Å². The molecule has 0 aliphatic rings. The molecule has 0 spiro atoms. The summed E-state index contributed by atoms with van der Waals surface area (Å²) >= 11 is 9.54. The molecule has 2 aromatic heterocycles. The van der Waals surface area contributed by atoms with Crippen molar-refractivity contribution in [3.8, 4) is 0 Å². The number of fused-ring (bicyclic) bond motifs is 1. The molecule has 0 saturated heterocycles. The van der Waals surface area contributed by atoms with E-state index in [1.165, 1.54) is 0 Å². The Hall–Kier alpha value is -1.72. The molecule has 1 aromatic carbocycles. The van der Waals surface area contributed by atoms with Crippen LogP contribution in [0.15, 0.2) is 41.1 Å². The van der Waals surface area contributed by atoms with Crippen molar-refractivity contribution in [2.75, 3.05) is 5.32 Å². The Morgan fingerprint density at radius 3 is 2.85 bits per heavy atom. The fourth-order valence-electron chi connectivity index (χ4n) is 1.97. The molecule has 2 heterocycles. The first-order valence-corrected chi connectivity index (χ1v) is 7.12. The van der Waals surface area contributed by atoms with Gasteiger partial charge in [-0.25, -0.2) is 9.97 Å². The predicted octanol–water partition coefficient (Wildman–Crippen LogP) is 4.49. The Morgan fingerprint density at radius 2 is 2.05 bits per heavy atom. The zero-order valence-electron chi connectivity index (χ0n) is 10.6. The number of hydrogen-bond acceptors (Lipinski definition) is 4. The molecule has 0 atom stereocenters. The predicted molar refractivity (Wildman–Crippen MR) is 84.5 cm³/mol. The van der Waals surface area contributed by atoms with Gasteiger partial charge in [0.05, 0.1) is 16.2 Å². The number of rotatable bonds is 2. The second-order valence-electron chi connectivity index (χ2n) is 4.24. The van der Waals surface area contributed by atoms with E-state index in [0.29, 0.717) is 16.7 Å². The molecule has 0 aliphatic carbocycles. The number of nitrogens with one attached hydrogen (secondary N) is 1. The summed E-state index contributed by atoms with van der Waals surface area (Å²) < 4.78 is 0.735. The lowest BCUT2D eigenvalue weighted by atomic mass is 10.2. The standard InChI is InChI=1S/C14H10BrClN4/c1-8-18-12(15)7-13(19-8)20-11-5-4-10(16)9-3-2-6-17-14(9)11/h2-7H,1H3,(H,18,19,20). The zero-order valence-corrected chi connectivity index (χ0v) is 12.9. The fourth-order valence-corrected chi connectivity index (χ4v) is 2.66. The molecule has 0 radical (unpaired) electrons. The van der Waals surface area contributed by atoms with Gasteiger partial charge < -0.3 is 5.32 Å². The van der Waals surface area contributed by atoms with E-state index >= 15 is 0 Å². The highest BCUT2D eigenvalue weighted by Gasteiger charge is 2.07. The van der Waals surface area contributed by atoms with Gasteiger partial charge in [0.25, 0.3) is 0 Å². The number of halogens is 2. The lowest BCUT2D eigenvalue weighted by molar-refractivity contribution is 1.04. The Morgan fingerprint density at radius 1 is 1.20 bits per heavy atom. The van der Waals surface area contributed by atoms with Gasteiger partial charge in [-0.15, -0.1) is 0 Å². The first-order valence-electron chi connectivity index (χ1n) is 5.95. The number of hydrogen-bond donors (Lipinski definition) is 1. The molecule has 0 saturated carbocycles. The second-order valence-corrected chi connectivity index (χ2v) is 5.46. The molecule has 3 rings (SSSR count). The lowest BCUT2D eigenvalue weighted by Gasteiger charge is -2.10. The molecule has 3 aromatic rings. The minimum atomic E-state index is 0.679. The molecule has 6 heteroatoms. The van der Waals surface area contributed by atoms with Crippen LogP contribution in [0.2, 0.25) is 5.02 Å². The number of aromatic nitrogens is 3. The molecule has 0 unspecified atom stereocenters. The SMILES string of the molecule is Cc1nc(Br)cc(Nc2ccc(Cl)c3cccnc23)n1. The molecular formula is C14H10BrClN4. The Kier molecular flexibility index (Phi) is 3.54. The van der Waals surface area contributed by atoms with Crippen molar-refractivity contribution in [1.82, 2.24) is 15.0 Å². The van der Waals surface area contributed by atoms with Crippen molar-refractivity contribution >= 4 is 49.9 Å². The molecule has 4 nitrogen and oxygen atoms in total. The number of pyridine rings is 1. The van der Waals surface area contributed by atoms with Crippen molar-refractivity contribution in [2.45, 2.75) is 6.92 Å². The monoisotopic (exact) mass is 348 g/mol.